The SMILES string of the molecule is O=C([C](c1ccccc1)c1ccccc1)[C@@H]1CCCN1. The summed E-state index contributed by atoms with van der Waals surface area (Å²) in [6, 6.07) is 19.9. The molecule has 2 heteroatoms. The molecule has 1 saturated heterocycles. The lowest BCUT2D eigenvalue weighted by molar-refractivity contribution is -0.118. The maximum atomic E-state index is 12.8. The molecule has 1 aliphatic rings. The Kier molecular flexibility index (Phi) is 3.93. The van der Waals surface area contributed by atoms with Gasteiger partial charge in [0.25, 0.3) is 0 Å². The zero-order valence-corrected chi connectivity index (χ0v) is 11.4. The van der Waals surface area contributed by atoms with E-state index in [2.05, 4.69) is 5.32 Å². The molecule has 0 spiro atoms. The fourth-order valence-electron chi connectivity index (χ4n) is 2.74. The fourth-order valence-corrected chi connectivity index (χ4v) is 2.74. The molecule has 1 fully saturated rings. The highest BCUT2D eigenvalue weighted by molar-refractivity contribution is 6.03. The van der Waals surface area contributed by atoms with Crippen LogP contribution in [0.3, 0.4) is 0 Å². The molecule has 3 rings (SSSR count). The zero-order valence-electron chi connectivity index (χ0n) is 11.4. The van der Waals surface area contributed by atoms with E-state index in [4.69, 9.17) is 0 Å². The third-order valence-corrected chi connectivity index (χ3v) is 3.75. The first-order valence-corrected chi connectivity index (χ1v) is 7.11. The van der Waals surface area contributed by atoms with Gasteiger partial charge in [0, 0.05) is 0 Å². The van der Waals surface area contributed by atoms with Gasteiger partial charge in [-0.25, -0.2) is 0 Å². The van der Waals surface area contributed by atoms with Crippen LogP contribution in [0.4, 0.5) is 0 Å². The summed E-state index contributed by atoms with van der Waals surface area (Å²) >= 11 is 0. The summed E-state index contributed by atoms with van der Waals surface area (Å²) in [5.41, 5.74) is 2.00. The van der Waals surface area contributed by atoms with Crippen LogP contribution in [-0.4, -0.2) is 18.4 Å². The van der Waals surface area contributed by atoms with Crippen LogP contribution in [-0.2, 0) is 4.79 Å². The number of benzene rings is 2. The molecule has 0 unspecified atom stereocenters. The van der Waals surface area contributed by atoms with Crippen molar-refractivity contribution in [2.24, 2.45) is 0 Å². The lowest BCUT2D eigenvalue weighted by Gasteiger charge is -2.19. The third-order valence-electron chi connectivity index (χ3n) is 3.75. The molecule has 1 aliphatic heterocycles. The van der Waals surface area contributed by atoms with Crippen molar-refractivity contribution in [2.75, 3.05) is 6.54 Å². The number of carbonyl (C=O) groups excluding carboxylic acids is 1. The van der Waals surface area contributed by atoms with E-state index in [0.717, 1.165) is 36.4 Å². The van der Waals surface area contributed by atoms with Gasteiger partial charge < -0.3 is 5.32 Å². The van der Waals surface area contributed by atoms with Gasteiger partial charge in [-0.3, -0.25) is 4.79 Å². The van der Waals surface area contributed by atoms with E-state index in [0.29, 0.717) is 0 Å². The molecular weight excluding hydrogens is 246 g/mol. The van der Waals surface area contributed by atoms with Gasteiger partial charge in [-0.2, -0.15) is 0 Å². The van der Waals surface area contributed by atoms with Crippen LogP contribution in [0.5, 0.6) is 0 Å². The number of Topliss-reactive ketones (excluding diaryl/α,β-unsaturated/α-hetero) is 1. The van der Waals surface area contributed by atoms with Crippen molar-refractivity contribution >= 4 is 5.78 Å². The van der Waals surface area contributed by atoms with Gasteiger partial charge in [0.1, 0.15) is 5.92 Å². The molecule has 0 saturated carbocycles. The summed E-state index contributed by atoms with van der Waals surface area (Å²) in [4.78, 5) is 12.8. The molecule has 0 amide bonds. The summed E-state index contributed by atoms with van der Waals surface area (Å²) < 4.78 is 0. The molecule has 0 bridgehead atoms. The largest absolute Gasteiger partial charge is 0.307 e. The Bertz CT molecular complexity index is 519. The van der Waals surface area contributed by atoms with Crippen molar-refractivity contribution in [1.82, 2.24) is 5.32 Å². The minimum atomic E-state index is -0.0367. The van der Waals surface area contributed by atoms with Gasteiger partial charge in [0.05, 0.1) is 6.04 Å². The molecule has 0 aromatic heterocycles. The van der Waals surface area contributed by atoms with Gasteiger partial charge >= 0.3 is 0 Å². The molecule has 1 N–H and O–H groups in total. The molecule has 0 aliphatic carbocycles. The number of rotatable bonds is 4. The van der Waals surface area contributed by atoms with Crippen molar-refractivity contribution in [3.05, 3.63) is 77.7 Å². The van der Waals surface area contributed by atoms with E-state index < -0.39 is 0 Å². The second-order valence-electron chi connectivity index (χ2n) is 5.12. The Morgan fingerprint density at radius 2 is 1.45 bits per heavy atom. The number of hydrogen-bond acceptors (Lipinski definition) is 2. The highest BCUT2D eigenvalue weighted by atomic mass is 16.1. The molecule has 101 valence electrons. The van der Waals surface area contributed by atoms with E-state index in [9.17, 15) is 4.79 Å². The summed E-state index contributed by atoms with van der Waals surface area (Å²) in [6.45, 7) is 0.938. The van der Waals surface area contributed by atoms with Crippen LogP contribution < -0.4 is 5.32 Å². The highest BCUT2D eigenvalue weighted by Crippen LogP contribution is 2.27. The minimum Gasteiger partial charge on any atom is -0.307 e. The lowest BCUT2D eigenvalue weighted by atomic mass is 9.84. The van der Waals surface area contributed by atoms with Crippen LogP contribution in [0.15, 0.2) is 60.7 Å². The van der Waals surface area contributed by atoms with Crippen molar-refractivity contribution in [3.63, 3.8) is 0 Å². The van der Waals surface area contributed by atoms with E-state index in [1.165, 1.54) is 0 Å². The topological polar surface area (TPSA) is 29.1 Å². The van der Waals surface area contributed by atoms with Crippen LogP contribution >= 0.6 is 0 Å². The van der Waals surface area contributed by atoms with Crippen LogP contribution in [0.1, 0.15) is 24.0 Å². The predicted octanol–water partition coefficient (Wildman–Crippen LogP) is 2.98. The quantitative estimate of drug-likeness (QED) is 0.920. The van der Waals surface area contributed by atoms with E-state index >= 15 is 0 Å². The van der Waals surface area contributed by atoms with Crippen molar-refractivity contribution < 1.29 is 4.79 Å². The van der Waals surface area contributed by atoms with E-state index in [1.54, 1.807) is 0 Å². The van der Waals surface area contributed by atoms with E-state index in [-0.39, 0.29) is 11.8 Å². The molecule has 20 heavy (non-hydrogen) atoms. The standard InChI is InChI=1S/C18H18NO/c20-18(16-12-7-13-19-16)17(14-8-3-1-4-9-14)15-10-5-2-6-11-15/h1-6,8-11,16,19H,7,12-13H2/t16-/m0/s1. The fraction of sp³-hybridized carbons (Fsp3) is 0.222. The minimum absolute atomic E-state index is 0.0367. The first-order chi connectivity index (χ1) is 9.86. The van der Waals surface area contributed by atoms with Gasteiger partial charge in [-0.05, 0) is 30.5 Å². The van der Waals surface area contributed by atoms with Gasteiger partial charge in [0.15, 0.2) is 5.78 Å². The molecular formula is C18H18NO. The van der Waals surface area contributed by atoms with Crippen molar-refractivity contribution in [1.29, 1.82) is 0 Å². The van der Waals surface area contributed by atoms with Crippen LogP contribution in [0.25, 0.3) is 0 Å². The average Bonchev–Trinajstić information content (AvgIpc) is 3.04. The van der Waals surface area contributed by atoms with Crippen molar-refractivity contribution in [2.45, 2.75) is 18.9 Å². The third kappa shape index (κ3) is 2.66. The Morgan fingerprint density at radius 1 is 0.900 bits per heavy atom. The Balaban J connectivity index is 1.97. The zero-order chi connectivity index (χ0) is 13.8. The molecule has 1 heterocycles. The Labute approximate surface area is 119 Å². The molecule has 2 aromatic rings. The Hall–Kier alpha value is -1.93. The molecule has 2 aromatic carbocycles. The van der Waals surface area contributed by atoms with Gasteiger partial charge in [-0.1, -0.05) is 60.7 Å². The van der Waals surface area contributed by atoms with E-state index in [1.807, 2.05) is 60.7 Å². The van der Waals surface area contributed by atoms with Crippen LogP contribution in [0, 0.1) is 5.92 Å². The molecule has 1 radical (unpaired) electrons. The lowest BCUT2D eigenvalue weighted by Crippen LogP contribution is -2.35. The number of ketones is 1. The van der Waals surface area contributed by atoms with Gasteiger partial charge in [-0.15, -0.1) is 0 Å². The first kappa shape index (κ1) is 13.1. The summed E-state index contributed by atoms with van der Waals surface area (Å²) in [7, 11) is 0. The Morgan fingerprint density at radius 3 is 1.90 bits per heavy atom. The summed E-state index contributed by atoms with van der Waals surface area (Å²) in [5, 5.41) is 3.31. The molecule has 2 nitrogen and oxygen atoms in total. The smallest absolute Gasteiger partial charge is 0.166 e. The van der Waals surface area contributed by atoms with Crippen LogP contribution in [0.2, 0.25) is 0 Å². The second-order valence-corrected chi connectivity index (χ2v) is 5.12. The average molecular weight is 264 g/mol. The number of nitrogens with one attached hydrogen (secondary N) is 1. The maximum Gasteiger partial charge on any atom is 0.166 e. The highest BCUT2D eigenvalue weighted by Gasteiger charge is 2.31. The normalized spacial score (nSPS) is 18.4. The summed E-state index contributed by atoms with van der Waals surface area (Å²) in [6.07, 6.45) is 2.01. The van der Waals surface area contributed by atoms with Crippen molar-refractivity contribution in [3.8, 4) is 0 Å². The number of hydrogen-bond donors (Lipinski definition) is 1. The summed E-state index contributed by atoms with van der Waals surface area (Å²) in [5.74, 6) is 1.03. The monoisotopic (exact) mass is 264 g/mol. The second kappa shape index (κ2) is 6.02. The molecule has 1 atom stereocenters. The van der Waals surface area contributed by atoms with Gasteiger partial charge in [0.2, 0.25) is 0 Å². The number of carbonyl (C=O) groups is 1. The predicted molar refractivity (Wildman–Crippen MR) is 80.4 cm³/mol. The first-order valence-electron chi connectivity index (χ1n) is 7.11. The maximum absolute atomic E-state index is 12.8.